The number of amides is 2. The highest BCUT2D eigenvalue weighted by molar-refractivity contribution is 5.97. The zero-order valence-corrected chi connectivity index (χ0v) is 24.5. The molecule has 0 fully saturated rings. The van der Waals surface area contributed by atoms with Crippen molar-refractivity contribution in [1.29, 1.82) is 0 Å². The average Bonchev–Trinajstić information content (AvgIpc) is 3.45. The molecule has 10 nitrogen and oxygen atoms in total. The molecule has 3 aromatic carbocycles. The number of hydrogen-bond acceptors (Lipinski definition) is 8. The minimum Gasteiger partial charge on any atom is -0.464 e. The van der Waals surface area contributed by atoms with Crippen LogP contribution < -0.4 is 11.1 Å². The van der Waals surface area contributed by atoms with Crippen LogP contribution in [0.5, 0.6) is 0 Å². The van der Waals surface area contributed by atoms with Crippen LogP contribution >= 0.6 is 0 Å². The monoisotopic (exact) mass is 607 g/mol. The Labute approximate surface area is 259 Å². The molecule has 0 radical (unpaired) electrons. The van der Waals surface area contributed by atoms with Gasteiger partial charge < -0.3 is 24.9 Å². The van der Waals surface area contributed by atoms with Crippen LogP contribution in [-0.2, 0) is 36.9 Å². The number of pyridine rings is 1. The van der Waals surface area contributed by atoms with E-state index < -0.39 is 35.9 Å². The van der Waals surface area contributed by atoms with Gasteiger partial charge in [0.1, 0.15) is 30.0 Å². The highest BCUT2D eigenvalue weighted by Gasteiger charge is 2.28. The number of nitrogens with two attached hydrogens (primary N) is 1. The Morgan fingerprint density at radius 2 is 1.64 bits per heavy atom. The van der Waals surface area contributed by atoms with Gasteiger partial charge in [0.05, 0.1) is 18.2 Å². The Hall–Kier alpha value is -5.51. The minimum absolute atomic E-state index is 0.0203. The molecule has 2 aromatic heterocycles. The maximum Gasteiger partial charge on any atom is 0.328 e. The quantitative estimate of drug-likeness (QED) is 0.167. The minimum atomic E-state index is -1.14. The summed E-state index contributed by atoms with van der Waals surface area (Å²) in [4.78, 5) is 55.6. The van der Waals surface area contributed by atoms with E-state index in [2.05, 4.69) is 10.3 Å². The van der Waals surface area contributed by atoms with E-state index in [4.69, 9.17) is 19.6 Å². The van der Waals surface area contributed by atoms with Gasteiger partial charge in [-0.25, -0.2) is 9.78 Å². The number of carbonyl (C=O) groups excluding carboxylic acids is 4. The predicted octanol–water partition coefficient (Wildman–Crippen LogP) is 5.02. The number of aromatic nitrogens is 1. The summed E-state index contributed by atoms with van der Waals surface area (Å²) >= 11 is 0. The van der Waals surface area contributed by atoms with Gasteiger partial charge in [-0.2, -0.15) is 0 Å². The SMILES string of the molecule is NC(=O)C[C@H](Cc1coc2ccccc12)OC(=O)[C@H](CCCC(=O)OCc1ccccc1)NC(=O)c1ccc2ccccc2n1. The molecule has 2 amide bonds. The molecule has 10 heteroatoms. The Kier molecular flexibility index (Phi) is 10.2. The van der Waals surface area contributed by atoms with Gasteiger partial charge in [0, 0.05) is 29.2 Å². The maximum absolute atomic E-state index is 13.5. The highest BCUT2D eigenvalue weighted by Crippen LogP contribution is 2.24. The Morgan fingerprint density at radius 1 is 0.889 bits per heavy atom. The Morgan fingerprint density at radius 3 is 2.47 bits per heavy atom. The summed E-state index contributed by atoms with van der Waals surface area (Å²) < 4.78 is 16.7. The standard InChI is InChI=1S/C35H33N3O7/c36-32(39)20-26(19-25-22-43-31-15-7-5-12-27(25)31)45-35(42)30(14-8-16-33(40)44-21-23-9-2-1-3-10-23)38-34(41)29-18-17-24-11-4-6-13-28(24)37-29/h1-7,9-13,15,17-18,22,26,30H,8,14,16,19-21H2,(H2,36,39)(H,38,41)/t26-,30-/m0/s1. The average molecular weight is 608 g/mol. The lowest BCUT2D eigenvalue weighted by molar-refractivity contribution is -0.153. The molecule has 0 aliphatic heterocycles. The number of primary amides is 1. The third kappa shape index (κ3) is 8.54. The second-order valence-electron chi connectivity index (χ2n) is 10.6. The summed E-state index contributed by atoms with van der Waals surface area (Å²) in [7, 11) is 0. The highest BCUT2D eigenvalue weighted by atomic mass is 16.5. The van der Waals surface area contributed by atoms with E-state index in [0.717, 1.165) is 21.9 Å². The lowest BCUT2D eigenvalue weighted by atomic mass is 10.0. The van der Waals surface area contributed by atoms with Gasteiger partial charge in [-0.3, -0.25) is 14.4 Å². The van der Waals surface area contributed by atoms with E-state index in [1.807, 2.05) is 72.8 Å². The van der Waals surface area contributed by atoms with E-state index in [-0.39, 0.29) is 44.4 Å². The van der Waals surface area contributed by atoms with Crippen molar-refractivity contribution in [3.8, 4) is 0 Å². The second kappa shape index (κ2) is 14.8. The smallest absolute Gasteiger partial charge is 0.328 e. The first-order chi connectivity index (χ1) is 21.9. The summed E-state index contributed by atoms with van der Waals surface area (Å²) in [6.07, 6.45) is 0.909. The number of rotatable bonds is 14. The summed E-state index contributed by atoms with van der Waals surface area (Å²) in [6.45, 7) is 0.132. The number of para-hydroxylation sites is 2. The number of benzene rings is 3. The number of nitrogens with one attached hydrogen (secondary N) is 1. The van der Waals surface area contributed by atoms with Crippen molar-refractivity contribution in [2.24, 2.45) is 5.73 Å². The fourth-order valence-electron chi connectivity index (χ4n) is 5.00. The van der Waals surface area contributed by atoms with Crippen molar-refractivity contribution in [3.05, 3.63) is 114 Å². The summed E-state index contributed by atoms with van der Waals surface area (Å²) in [6, 6.07) is 26.2. The number of ether oxygens (including phenoxy) is 2. The van der Waals surface area contributed by atoms with Gasteiger partial charge in [-0.15, -0.1) is 0 Å². The Bertz CT molecular complexity index is 1800. The van der Waals surface area contributed by atoms with Crippen molar-refractivity contribution in [2.75, 3.05) is 0 Å². The van der Waals surface area contributed by atoms with E-state index in [1.165, 1.54) is 0 Å². The van der Waals surface area contributed by atoms with Gasteiger partial charge in [-0.05, 0) is 36.6 Å². The first kappa shape index (κ1) is 30.9. The van der Waals surface area contributed by atoms with Gasteiger partial charge >= 0.3 is 11.9 Å². The number of fused-ring (bicyclic) bond motifs is 2. The third-order valence-electron chi connectivity index (χ3n) is 7.26. The fraction of sp³-hybridized carbons (Fsp3) is 0.229. The van der Waals surface area contributed by atoms with Gasteiger partial charge in [0.15, 0.2) is 0 Å². The molecule has 0 bridgehead atoms. The summed E-state index contributed by atoms with van der Waals surface area (Å²) in [5.41, 5.74) is 8.49. The van der Waals surface area contributed by atoms with Crippen LogP contribution in [0.15, 0.2) is 102 Å². The number of carbonyl (C=O) groups is 4. The third-order valence-corrected chi connectivity index (χ3v) is 7.26. The predicted molar refractivity (Wildman–Crippen MR) is 167 cm³/mol. The van der Waals surface area contributed by atoms with Crippen molar-refractivity contribution in [1.82, 2.24) is 10.3 Å². The van der Waals surface area contributed by atoms with Crippen LogP contribution in [0, 0.1) is 0 Å². The lowest BCUT2D eigenvalue weighted by Gasteiger charge is -2.22. The molecule has 0 spiro atoms. The second-order valence-corrected chi connectivity index (χ2v) is 10.6. The van der Waals surface area contributed by atoms with E-state index in [1.54, 1.807) is 24.5 Å². The zero-order valence-electron chi connectivity index (χ0n) is 24.5. The van der Waals surface area contributed by atoms with Crippen molar-refractivity contribution < 1.29 is 33.1 Å². The maximum atomic E-state index is 13.5. The van der Waals surface area contributed by atoms with Crippen LogP contribution in [0.1, 0.15) is 47.3 Å². The van der Waals surface area contributed by atoms with E-state index in [0.29, 0.717) is 11.1 Å². The number of nitrogens with zero attached hydrogens (tertiary/aromatic N) is 1. The molecule has 0 unspecified atom stereocenters. The molecule has 2 heterocycles. The molecule has 0 aliphatic rings. The van der Waals surface area contributed by atoms with Crippen molar-refractivity contribution in [2.45, 2.75) is 50.9 Å². The van der Waals surface area contributed by atoms with Gasteiger partial charge in [0.2, 0.25) is 5.91 Å². The molecule has 0 saturated carbocycles. The molecule has 0 aliphatic carbocycles. The number of furan rings is 1. The first-order valence-corrected chi connectivity index (χ1v) is 14.7. The van der Waals surface area contributed by atoms with Gasteiger partial charge in [0.25, 0.3) is 5.91 Å². The number of hydrogen-bond donors (Lipinski definition) is 2. The molecular weight excluding hydrogens is 574 g/mol. The molecule has 45 heavy (non-hydrogen) atoms. The van der Waals surface area contributed by atoms with E-state index in [9.17, 15) is 19.2 Å². The number of esters is 2. The largest absolute Gasteiger partial charge is 0.464 e. The molecule has 2 atom stereocenters. The van der Waals surface area contributed by atoms with Crippen LogP contribution in [-0.4, -0.2) is 40.9 Å². The zero-order chi connectivity index (χ0) is 31.6. The van der Waals surface area contributed by atoms with Crippen LogP contribution in [0.3, 0.4) is 0 Å². The van der Waals surface area contributed by atoms with Crippen molar-refractivity contribution >= 4 is 45.6 Å². The van der Waals surface area contributed by atoms with Crippen LogP contribution in [0.2, 0.25) is 0 Å². The molecule has 230 valence electrons. The fourth-order valence-corrected chi connectivity index (χ4v) is 5.00. The topological polar surface area (TPSA) is 151 Å². The molecule has 0 saturated heterocycles. The van der Waals surface area contributed by atoms with Gasteiger partial charge in [-0.1, -0.05) is 72.8 Å². The molecule has 5 aromatic rings. The molecule has 3 N–H and O–H groups in total. The molecular formula is C35H33N3O7. The molecule has 5 rings (SSSR count). The van der Waals surface area contributed by atoms with E-state index >= 15 is 0 Å². The van der Waals surface area contributed by atoms with Crippen LogP contribution in [0.25, 0.3) is 21.9 Å². The summed E-state index contributed by atoms with van der Waals surface area (Å²) in [5.74, 6) is -2.43. The Balaban J connectivity index is 1.28. The van der Waals surface area contributed by atoms with Crippen molar-refractivity contribution in [3.63, 3.8) is 0 Å². The normalized spacial score (nSPS) is 12.4. The first-order valence-electron chi connectivity index (χ1n) is 14.7. The van der Waals surface area contributed by atoms with Crippen LogP contribution in [0.4, 0.5) is 0 Å². The lowest BCUT2D eigenvalue weighted by Crippen LogP contribution is -2.44. The summed E-state index contributed by atoms with van der Waals surface area (Å²) in [5, 5.41) is 4.40.